The van der Waals surface area contributed by atoms with E-state index in [2.05, 4.69) is 0 Å². The highest BCUT2D eigenvalue weighted by Gasteiger charge is 1.65. The van der Waals surface area contributed by atoms with Crippen molar-refractivity contribution >= 4 is 7.28 Å². The van der Waals surface area contributed by atoms with E-state index in [9.17, 15) is 4.39 Å². The van der Waals surface area contributed by atoms with Crippen LogP contribution in [0.1, 0.15) is 0 Å². The molecule has 0 N–H and O–H groups in total. The summed E-state index contributed by atoms with van der Waals surface area (Å²) in [4.78, 5) is 0. The first-order valence-corrected chi connectivity index (χ1v) is 1.25. The Morgan fingerprint density at radius 3 is 2.25 bits per heavy atom. The third kappa shape index (κ3) is 1.99. The predicted molar refractivity (Wildman–Crippen MR) is 17.6 cm³/mol. The zero-order valence-electron chi connectivity index (χ0n) is 2.66. The first-order valence-electron chi connectivity index (χ1n) is 1.25. The summed E-state index contributed by atoms with van der Waals surface area (Å²) in [5, 5.41) is 0. The summed E-state index contributed by atoms with van der Waals surface area (Å²) in [6.07, 6.45) is 0. The van der Waals surface area contributed by atoms with E-state index in [1.165, 1.54) is 7.28 Å². The van der Waals surface area contributed by atoms with E-state index >= 15 is 0 Å². The highest BCUT2D eigenvalue weighted by Crippen LogP contribution is 1.54. The van der Waals surface area contributed by atoms with Gasteiger partial charge in [0, 0.05) is 0 Å². The second-order valence-corrected chi connectivity index (χ2v) is 0.563. The summed E-state index contributed by atoms with van der Waals surface area (Å²) in [7, 11) is 1.46. The molecule has 0 fully saturated rings. The van der Waals surface area contributed by atoms with Gasteiger partial charge in [0.25, 0.3) is 0 Å². The van der Waals surface area contributed by atoms with Crippen molar-refractivity contribution in [3.8, 4) is 0 Å². The molecule has 2 heteroatoms. The molecule has 0 aliphatic rings. The molecule has 0 amide bonds. The summed E-state index contributed by atoms with van der Waals surface area (Å²) in [6, 6.07) is 0. The molecule has 0 aromatic heterocycles. The van der Waals surface area contributed by atoms with Crippen LogP contribution in [-0.4, -0.2) is 13.9 Å². The number of rotatable bonds is 1. The number of halogens is 1. The molecule has 0 nitrogen and oxygen atoms in total. The van der Waals surface area contributed by atoms with Crippen molar-refractivity contribution in [3.05, 3.63) is 0 Å². The number of hydrogen-bond acceptors (Lipinski definition) is 0. The smallest absolute Gasteiger partial charge is 0.148 e. The first-order chi connectivity index (χ1) is 1.91. The minimum absolute atomic E-state index is 0.306. The fourth-order valence-corrected chi connectivity index (χ4v) is 0. The minimum atomic E-state index is -0.306. The summed E-state index contributed by atoms with van der Waals surface area (Å²) in [5.74, 6) is 0. The van der Waals surface area contributed by atoms with Gasteiger partial charge in [-0.2, -0.15) is 0 Å². The van der Waals surface area contributed by atoms with Crippen LogP contribution in [0.3, 0.4) is 0 Å². The standard InChI is InChI=1S/C2H5BF/c1-3-2-4/h2H2,1H3/i4-1. The van der Waals surface area contributed by atoms with Crippen LogP contribution in [0.25, 0.3) is 0 Å². The van der Waals surface area contributed by atoms with Gasteiger partial charge in [0.05, 0.1) is 6.57 Å². The van der Waals surface area contributed by atoms with Crippen molar-refractivity contribution in [1.82, 2.24) is 0 Å². The van der Waals surface area contributed by atoms with Crippen molar-refractivity contribution in [3.63, 3.8) is 0 Å². The summed E-state index contributed by atoms with van der Waals surface area (Å²) < 4.78 is 10.7. The van der Waals surface area contributed by atoms with Crippen molar-refractivity contribution in [2.45, 2.75) is 6.82 Å². The quantitative estimate of drug-likeness (QED) is 0.388. The van der Waals surface area contributed by atoms with E-state index in [-0.39, 0.29) is 6.57 Å². The molecule has 0 aliphatic carbocycles. The molecule has 0 saturated heterocycles. The molecule has 0 unspecified atom stereocenters. The Balaban J connectivity index is 1.97. The third-order valence-electron chi connectivity index (χ3n) is 0.154. The van der Waals surface area contributed by atoms with Gasteiger partial charge in [0.1, 0.15) is 7.28 Å². The second kappa shape index (κ2) is 2.99. The monoisotopic (exact) mass is 58.0 g/mol. The maximum absolute atomic E-state index is 10.7. The summed E-state index contributed by atoms with van der Waals surface area (Å²) in [5.41, 5.74) is 0. The Hall–Kier alpha value is -0.00506. The van der Waals surface area contributed by atoms with Gasteiger partial charge in [0.15, 0.2) is 0 Å². The Labute approximate surface area is 26.3 Å². The van der Waals surface area contributed by atoms with Gasteiger partial charge in [-0.25, -0.2) is 0 Å². The fourth-order valence-electron chi connectivity index (χ4n) is 0. The molecule has 0 atom stereocenters. The SMILES string of the molecule is C[B]C[18F]. The van der Waals surface area contributed by atoms with Gasteiger partial charge in [-0.1, -0.05) is 6.82 Å². The van der Waals surface area contributed by atoms with Crippen molar-refractivity contribution < 1.29 is 4.39 Å². The van der Waals surface area contributed by atoms with E-state index in [1.54, 1.807) is 6.82 Å². The van der Waals surface area contributed by atoms with Crippen molar-refractivity contribution in [2.75, 3.05) is 6.57 Å². The molecule has 0 bridgehead atoms. The van der Waals surface area contributed by atoms with E-state index in [0.717, 1.165) is 0 Å². The van der Waals surface area contributed by atoms with Crippen LogP contribution in [0.4, 0.5) is 4.39 Å². The van der Waals surface area contributed by atoms with Crippen LogP contribution in [0.5, 0.6) is 0 Å². The predicted octanol–water partition coefficient (Wildman–Crippen LogP) is 0.666. The average molecular weight is 57.9 g/mol. The van der Waals surface area contributed by atoms with E-state index in [4.69, 9.17) is 0 Å². The molecule has 0 aliphatic heterocycles. The number of hydrogen-bond donors (Lipinski definition) is 0. The molecule has 0 aromatic carbocycles. The van der Waals surface area contributed by atoms with E-state index in [1.807, 2.05) is 0 Å². The first kappa shape index (κ1) is 3.99. The Kier molecular flexibility index (Phi) is 2.99. The largest absolute Gasteiger partial charge is 0.261 e. The highest BCUT2D eigenvalue weighted by atomic mass is 18.2. The molecule has 0 rings (SSSR count). The van der Waals surface area contributed by atoms with Crippen molar-refractivity contribution in [1.29, 1.82) is 0 Å². The zero-order chi connectivity index (χ0) is 3.41. The van der Waals surface area contributed by atoms with Crippen LogP contribution in [0.15, 0.2) is 0 Å². The van der Waals surface area contributed by atoms with Gasteiger partial charge in [-0.3, -0.25) is 4.39 Å². The molecule has 4 heavy (non-hydrogen) atoms. The Morgan fingerprint density at radius 1 is 2.00 bits per heavy atom. The summed E-state index contributed by atoms with van der Waals surface area (Å²) in [6.45, 7) is 1.38. The van der Waals surface area contributed by atoms with Gasteiger partial charge >= 0.3 is 0 Å². The maximum atomic E-state index is 10.7. The minimum Gasteiger partial charge on any atom is -0.261 e. The topological polar surface area (TPSA) is 0 Å². The lowest BCUT2D eigenvalue weighted by molar-refractivity contribution is 0.594. The molecule has 0 aromatic rings. The lowest BCUT2D eigenvalue weighted by atomic mass is 9.86. The fraction of sp³-hybridized carbons (Fsp3) is 1.00. The maximum Gasteiger partial charge on any atom is 0.148 e. The lowest BCUT2D eigenvalue weighted by Gasteiger charge is -1.60. The van der Waals surface area contributed by atoms with Crippen molar-refractivity contribution in [2.24, 2.45) is 0 Å². The number of alkyl halides is 1. The lowest BCUT2D eigenvalue weighted by Crippen LogP contribution is -1.78. The molecule has 0 heterocycles. The van der Waals surface area contributed by atoms with Gasteiger partial charge in [-0.05, 0) is 0 Å². The van der Waals surface area contributed by atoms with Crippen LogP contribution in [0.2, 0.25) is 6.82 Å². The highest BCUT2D eigenvalue weighted by molar-refractivity contribution is 6.33. The van der Waals surface area contributed by atoms with Crippen LogP contribution in [-0.2, 0) is 0 Å². The molecular weight excluding hydrogens is 52.8 g/mol. The summed E-state index contributed by atoms with van der Waals surface area (Å²) >= 11 is 0. The molecule has 23 valence electrons. The zero-order valence-corrected chi connectivity index (χ0v) is 2.66. The Morgan fingerprint density at radius 2 is 2.25 bits per heavy atom. The van der Waals surface area contributed by atoms with Crippen LogP contribution in [0, 0.1) is 0 Å². The Bertz CT molecular complexity index is 8.00. The van der Waals surface area contributed by atoms with Gasteiger partial charge < -0.3 is 0 Å². The van der Waals surface area contributed by atoms with E-state index in [0.29, 0.717) is 0 Å². The third-order valence-corrected chi connectivity index (χ3v) is 0.154. The van der Waals surface area contributed by atoms with Crippen LogP contribution >= 0.6 is 0 Å². The molecule has 0 spiro atoms. The van der Waals surface area contributed by atoms with Gasteiger partial charge in [0.2, 0.25) is 0 Å². The molecule has 1 radical (unpaired) electrons. The molecular formula is C2H5BF. The van der Waals surface area contributed by atoms with Gasteiger partial charge in [-0.15, -0.1) is 0 Å². The normalized spacial score (nSPS) is 6.50. The average Bonchev–Trinajstić information content (AvgIpc) is 1.37. The van der Waals surface area contributed by atoms with E-state index < -0.39 is 0 Å². The van der Waals surface area contributed by atoms with Crippen LogP contribution < -0.4 is 0 Å². The second-order valence-electron chi connectivity index (χ2n) is 0.563. The molecule has 0 saturated carbocycles.